The van der Waals surface area contributed by atoms with Gasteiger partial charge >= 0.3 is 0 Å². The van der Waals surface area contributed by atoms with Crippen molar-refractivity contribution in [1.29, 1.82) is 0 Å². The Morgan fingerprint density at radius 2 is 2.22 bits per heavy atom. The van der Waals surface area contributed by atoms with E-state index in [1.54, 1.807) is 0 Å². The van der Waals surface area contributed by atoms with Crippen LogP contribution in [0.4, 0.5) is 5.69 Å². The van der Waals surface area contributed by atoms with E-state index in [0.717, 1.165) is 18.1 Å². The van der Waals surface area contributed by atoms with E-state index in [1.165, 1.54) is 37.1 Å². The first-order valence-corrected chi connectivity index (χ1v) is 7.36. The Labute approximate surface area is 115 Å². The Morgan fingerprint density at radius 1 is 1.39 bits per heavy atom. The fourth-order valence-electron chi connectivity index (χ4n) is 2.69. The van der Waals surface area contributed by atoms with Gasteiger partial charge in [-0.05, 0) is 56.5 Å². The molecule has 1 aliphatic heterocycles. The van der Waals surface area contributed by atoms with E-state index in [4.69, 9.17) is 11.6 Å². The Kier molecular flexibility index (Phi) is 4.90. The van der Waals surface area contributed by atoms with Crippen LogP contribution in [-0.2, 0) is 6.54 Å². The molecule has 1 aromatic rings. The lowest BCUT2D eigenvalue weighted by atomic mass is 10.0. The van der Waals surface area contributed by atoms with Crippen molar-refractivity contribution in [2.75, 3.05) is 18.0 Å². The number of anilines is 1. The summed E-state index contributed by atoms with van der Waals surface area (Å²) >= 11 is 6.12. The molecule has 18 heavy (non-hydrogen) atoms. The largest absolute Gasteiger partial charge is 0.369 e. The van der Waals surface area contributed by atoms with E-state index in [2.05, 4.69) is 36.2 Å². The van der Waals surface area contributed by atoms with Gasteiger partial charge in [0.15, 0.2) is 0 Å². The van der Waals surface area contributed by atoms with Crippen LogP contribution in [0.1, 0.15) is 38.7 Å². The quantitative estimate of drug-likeness (QED) is 0.891. The Morgan fingerprint density at radius 3 is 2.94 bits per heavy atom. The predicted molar refractivity (Wildman–Crippen MR) is 79.5 cm³/mol. The van der Waals surface area contributed by atoms with E-state index in [1.807, 2.05) is 6.07 Å². The number of halogens is 1. The van der Waals surface area contributed by atoms with Gasteiger partial charge in [0, 0.05) is 29.8 Å². The summed E-state index contributed by atoms with van der Waals surface area (Å²) in [5.74, 6) is 0. The number of nitrogens with zero attached hydrogens (tertiary/aromatic N) is 1. The van der Waals surface area contributed by atoms with Crippen molar-refractivity contribution < 1.29 is 0 Å². The summed E-state index contributed by atoms with van der Waals surface area (Å²) in [7, 11) is 0. The van der Waals surface area contributed by atoms with Crippen LogP contribution >= 0.6 is 11.6 Å². The number of hydrogen-bond donors (Lipinski definition) is 1. The average molecular weight is 267 g/mol. The topological polar surface area (TPSA) is 15.3 Å². The lowest BCUT2D eigenvalue weighted by Gasteiger charge is -2.36. The molecule has 1 heterocycles. The maximum atomic E-state index is 6.12. The van der Waals surface area contributed by atoms with Crippen LogP contribution in [0.25, 0.3) is 0 Å². The van der Waals surface area contributed by atoms with Gasteiger partial charge in [-0.1, -0.05) is 18.5 Å². The zero-order chi connectivity index (χ0) is 13.0. The summed E-state index contributed by atoms with van der Waals surface area (Å²) in [6, 6.07) is 6.92. The second-order valence-electron chi connectivity index (χ2n) is 5.09. The van der Waals surface area contributed by atoms with Gasteiger partial charge in [-0.15, -0.1) is 0 Å². The molecular weight excluding hydrogens is 244 g/mol. The average Bonchev–Trinajstić information content (AvgIpc) is 2.37. The molecule has 1 atom stereocenters. The minimum atomic E-state index is 0.639. The monoisotopic (exact) mass is 266 g/mol. The van der Waals surface area contributed by atoms with Crippen molar-refractivity contribution in [2.24, 2.45) is 0 Å². The van der Waals surface area contributed by atoms with Gasteiger partial charge in [0.1, 0.15) is 0 Å². The minimum absolute atomic E-state index is 0.639. The molecule has 0 radical (unpaired) electrons. The van der Waals surface area contributed by atoms with Gasteiger partial charge in [-0.2, -0.15) is 0 Å². The molecule has 0 amide bonds. The van der Waals surface area contributed by atoms with Gasteiger partial charge < -0.3 is 10.2 Å². The highest BCUT2D eigenvalue weighted by Crippen LogP contribution is 2.29. The van der Waals surface area contributed by atoms with Gasteiger partial charge in [-0.25, -0.2) is 0 Å². The van der Waals surface area contributed by atoms with Gasteiger partial charge in [0.25, 0.3) is 0 Å². The highest BCUT2D eigenvalue weighted by atomic mass is 35.5. The fraction of sp³-hybridized carbons (Fsp3) is 0.600. The van der Waals surface area contributed by atoms with Crippen LogP contribution in [0.2, 0.25) is 5.02 Å². The van der Waals surface area contributed by atoms with Gasteiger partial charge in [0.2, 0.25) is 0 Å². The first kappa shape index (κ1) is 13.7. The smallest absolute Gasteiger partial charge is 0.0415 e. The highest BCUT2D eigenvalue weighted by molar-refractivity contribution is 6.30. The van der Waals surface area contributed by atoms with E-state index < -0.39 is 0 Å². The molecule has 0 aromatic heterocycles. The molecule has 1 fully saturated rings. The van der Waals surface area contributed by atoms with Gasteiger partial charge in [-0.3, -0.25) is 0 Å². The van der Waals surface area contributed by atoms with Crippen LogP contribution in [0.3, 0.4) is 0 Å². The van der Waals surface area contributed by atoms with Crippen LogP contribution in [-0.4, -0.2) is 19.1 Å². The Bertz CT molecular complexity index is 392. The normalized spacial score (nSPS) is 20.2. The van der Waals surface area contributed by atoms with E-state index in [0.29, 0.717) is 6.04 Å². The third-order valence-electron chi connectivity index (χ3n) is 3.72. The van der Waals surface area contributed by atoms with E-state index in [9.17, 15) is 0 Å². The van der Waals surface area contributed by atoms with E-state index in [-0.39, 0.29) is 0 Å². The number of benzene rings is 1. The lowest BCUT2D eigenvalue weighted by Crippen LogP contribution is -2.38. The van der Waals surface area contributed by atoms with Crippen molar-refractivity contribution in [3.05, 3.63) is 28.8 Å². The third-order valence-corrected chi connectivity index (χ3v) is 3.95. The second kappa shape index (κ2) is 6.44. The predicted octanol–water partition coefficient (Wildman–Crippen LogP) is 3.83. The van der Waals surface area contributed by atoms with Crippen molar-refractivity contribution in [3.63, 3.8) is 0 Å². The molecule has 2 rings (SSSR count). The maximum absolute atomic E-state index is 6.12. The molecule has 1 N–H and O–H groups in total. The molecule has 0 bridgehead atoms. The third kappa shape index (κ3) is 3.18. The zero-order valence-corrected chi connectivity index (χ0v) is 12.1. The standard InChI is InChI=1S/C15H23ClN2/c1-3-17-11-13-10-14(16)7-8-15(13)18-9-5-4-6-12(18)2/h7-8,10,12,17H,3-6,9,11H2,1-2H3. The summed E-state index contributed by atoms with van der Waals surface area (Å²) in [6.07, 6.45) is 3.95. The summed E-state index contributed by atoms with van der Waals surface area (Å²) in [6.45, 7) is 7.51. The van der Waals surface area contributed by atoms with Crippen molar-refractivity contribution in [1.82, 2.24) is 5.32 Å². The fourth-order valence-corrected chi connectivity index (χ4v) is 2.89. The molecule has 0 spiro atoms. The summed E-state index contributed by atoms with van der Waals surface area (Å²) < 4.78 is 0. The maximum Gasteiger partial charge on any atom is 0.0415 e. The SMILES string of the molecule is CCNCc1cc(Cl)ccc1N1CCCCC1C. The summed E-state index contributed by atoms with van der Waals surface area (Å²) in [5, 5.41) is 4.23. The van der Waals surface area contributed by atoms with Crippen LogP contribution < -0.4 is 10.2 Å². The zero-order valence-electron chi connectivity index (χ0n) is 11.4. The molecular formula is C15H23ClN2. The first-order valence-electron chi connectivity index (χ1n) is 6.98. The number of rotatable bonds is 4. The second-order valence-corrected chi connectivity index (χ2v) is 5.53. The number of nitrogens with one attached hydrogen (secondary N) is 1. The van der Waals surface area contributed by atoms with Crippen LogP contribution in [0, 0.1) is 0 Å². The van der Waals surface area contributed by atoms with Gasteiger partial charge in [0.05, 0.1) is 0 Å². The minimum Gasteiger partial charge on any atom is -0.369 e. The van der Waals surface area contributed by atoms with E-state index >= 15 is 0 Å². The molecule has 1 aliphatic rings. The Hall–Kier alpha value is -0.730. The molecule has 1 unspecified atom stereocenters. The van der Waals surface area contributed by atoms with Crippen LogP contribution in [0.15, 0.2) is 18.2 Å². The van der Waals surface area contributed by atoms with Crippen molar-refractivity contribution in [2.45, 2.75) is 45.7 Å². The lowest BCUT2D eigenvalue weighted by molar-refractivity contribution is 0.483. The molecule has 3 heteroatoms. The van der Waals surface area contributed by atoms with Crippen molar-refractivity contribution >= 4 is 17.3 Å². The summed E-state index contributed by atoms with van der Waals surface area (Å²) in [5.41, 5.74) is 2.67. The molecule has 0 aliphatic carbocycles. The molecule has 1 saturated heterocycles. The highest BCUT2D eigenvalue weighted by Gasteiger charge is 2.20. The molecule has 2 nitrogen and oxygen atoms in total. The molecule has 100 valence electrons. The van der Waals surface area contributed by atoms with Crippen LogP contribution in [0.5, 0.6) is 0 Å². The number of hydrogen-bond acceptors (Lipinski definition) is 2. The molecule has 0 saturated carbocycles. The summed E-state index contributed by atoms with van der Waals surface area (Å²) in [4.78, 5) is 2.53. The Balaban J connectivity index is 2.24. The number of piperidine rings is 1. The van der Waals surface area contributed by atoms with Crippen molar-refractivity contribution in [3.8, 4) is 0 Å². The molecule has 1 aromatic carbocycles. The first-order chi connectivity index (χ1) is 8.72.